The number of amides is 2. The van der Waals surface area contributed by atoms with Crippen LogP contribution in [0.25, 0.3) is 0 Å². The van der Waals surface area contributed by atoms with Gasteiger partial charge in [-0.1, -0.05) is 25.6 Å². The predicted molar refractivity (Wildman–Crippen MR) is 86.4 cm³/mol. The zero-order valence-corrected chi connectivity index (χ0v) is 14.4. The maximum absolute atomic E-state index is 11.7. The fraction of sp³-hybridized carbons (Fsp3) is 0.714. The van der Waals surface area contributed by atoms with Crippen molar-refractivity contribution in [2.24, 2.45) is 11.7 Å². The lowest BCUT2D eigenvalue weighted by Crippen LogP contribution is -2.31. The van der Waals surface area contributed by atoms with Gasteiger partial charge in [-0.15, -0.1) is 10.2 Å². The minimum Gasteiger partial charge on any atom is -0.370 e. The first kappa shape index (κ1) is 18.5. The van der Waals surface area contributed by atoms with Gasteiger partial charge in [0.15, 0.2) is 5.16 Å². The van der Waals surface area contributed by atoms with E-state index >= 15 is 0 Å². The highest BCUT2D eigenvalue weighted by molar-refractivity contribution is 7.99. The van der Waals surface area contributed by atoms with Gasteiger partial charge in [-0.2, -0.15) is 0 Å². The largest absolute Gasteiger partial charge is 0.370 e. The molecule has 1 heterocycles. The van der Waals surface area contributed by atoms with Crippen LogP contribution < -0.4 is 11.1 Å². The third-order valence-corrected chi connectivity index (χ3v) is 3.68. The van der Waals surface area contributed by atoms with Crippen LogP contribution in [-0.2, 0) is 22.6 Å². The van der Waals surface area contributed by atoms with Crippen molar-refractivity contribution in [3.05, 3.63) is 5.82 Å². The number of thioether (sulfide) groups is 1. The van der Waals surface area contributed by atoms with Crippen LogP contribution in [0.3, 0.4) is 0 Å². The number of rotatable bonds is 9. The van der Waals surface area contributed by atoms with Crippen molar-refractivity contribution in [3.8, 4) is 0 Å². The summed E-state index contributed by atoms with van der Waals surface area (Å²) in [5.74, 6) is 1.05. The van der Waals surface area contributed by atoms with Crippen LogP contribution in [0.4, 0.5) is 0 Å². The van der Waals surface area contributed by atoms with Gasteiger partial charge >= 0.3 is 0 Å². The molecule has 1 aromatic heterocycles. The summed E-state index contributed by atoms with van der Waals surface area (Å²) >= 11 is 1.36. The Hall–Kier alpha value is -1.57. The Kier molecular flexibility index (Phi) is 7.37. The fourth-order valence-corrected chi connectivity index (χ4v) is 2.67. The predicted octanol–water partition coefficient (Wildman–Crippen LogP) is 0.969. The topological polar surface area (TPSA) is 103 Å². The molecule has 0 atom stereocenters. The molecular weight excluding hydrogens is 302 g/mol. The van der Waals surface area contributed by atoms with Crippen LogP contribution in [-0.4, -0.2) is 38.4 Å². The molecule has 2 amide bonds. The Morgan fingerprint density at radius 3 is 2.50 bits per heavy atom. The van der Waals surface area contributed by atoms with Crippen molar-refractivity contribution in [1.82, 2.24) is 20.1 Å². The molecule has 124 valence electrons. The molecule has 0 aromatic carbocycles. The van der Waals surface area contributed by atoms with Crippen LogP contribution in [0, 0.1) is 5.92 Å². The molecule has 0 aliphatic heterocycles. The molecule has 0 unspecified atom stereocenters. The van der Waals surface area contributed by atoms with E-state index in [2.05, 4.69) is 29.4 Å². The molecule has 1 aromatic rings. The van der Waals surface area contributed by atoms with Gasteiger partial charge in [0.05, 0.1) is 5.75 Å². The minimum absolute atomic E-state index is 0.0298. The Morgan fingerprint density at radius 1 is 1.27 bits per heavy atom. The van der Waals surface area contributed by atoms with Gasteiger partial charge in [-0.05, 0) is 19.8 Å². The summed E-state index contributed by atoms with van der Waals surface area (Å²) in [7, 11) is 0. The van der Waals surface area contributed by atoms with Gasteiger partial charge in [-0.3, -0.25) is 9.59 Å². The van der Waals surface area contributed by atoms with E-state index in [4.69, 9.17) is 5.73 Å². The summed E-state index contributed by atoms with van der Waals surface area (Å²) in [6, 6.07) is 0.118. The smallest absolute Gasteiger partial charge is 0.230 e. The Labute approximate surface area is 135 Å². The van der Waals surface area contributed by atoms with Crippen molar-refractivity contribution in [2.75, 3.05) is 5.75 Å². The highest BCUT2D eigenvalue weighted by Crippen LogP contribution is 2.19. The number of hydrogen-bond acceptors (Lipinski definition) is 5. The second kappa shape index (κ2) is 8.77. The van der Waals surface area contributed by atoms with E-state index in [9.17, 15) is 9.59 Å². The molecule has 3 N–H and O–H groups in total. The molecule has 0 aliphatic rings. The molecule has 1 rings (SSSR count). The van der Waals surface area contributed by atoms with Crippen LogP contribution in [0.1, 0.15) is 39.9 Å². The number of aryl methyl sites for hydroxylation is 1. The zero-order chi connectivity index (χ0) is 16.7. The lowest BCUT2D eigenvalue weighted by molar-refractivity contribution is -0.119. The second-order valence-electron chi connectivity index (χ2n) is 5.88. The monoisotopic (exact) mass is 327 g/mol. The molecule has 8 heteroatoms. The summed E-state index contributed by atoms with van der Waals surface area (Å²) in [5, 5.41) is 11.8. The number of carbonyl (C=O) groups excluding carboxylic acids is 2. The average molecular weight is 327 g/mol. The molecule has 22 heavy (non-hydrogen) atoms. The highest BCUT2D eigenvalue weighted by Gasteiger charge is 2.16. The maximum atomic E-state index is 11.7. The number of hydrogen-bond donors (Lipinski definition) is 2. The molecule has 0 radical (unpaired) electrons. The fourth-order valence-electron chi connectivity index (χ4n) is 1.89. The summed E-state index contributed by atoms with van der Waals surface area (Å²) in [6.45, 7) is 8.78. The normalized spacial score (nSPS) is 11.2. The Morgan fingerprint density at radius 2 is 1.95 bits per heavy atom. The number of primary amides is 1. The molecule has 0 fully saturated rings. The number of nitrogens with two attached hydrogens (primary N) is 1. The summed E-state index contributed by atoms with van der Waals surface area (Å²) in [4.78, 5) is 22.7. The summed E-state index contributed by atoms with van der Waals surface area (Å²) < 4.78 is 1.97. The zero-order valence-electron chi connectivity index (χ0n) is 13.6. The minimum atomic E-state index is -0.357. The highest BCUT2D eigenvalue weighted by atomic mass is 32.2. The molecular formula is C14H25N5O2S. The first-order chi connectivity index (χ1) is 10.3. The lowest BCUT2D eigenvalue weighted by atomic mass is 10.2. The standard InChI is InChI=1S/C14H25N5O2S/c1-9(2)7-19-12(6-5-11(15)20)17-18-14(19)22-8-13(21)16-10(3)4/h9-10H,5-8H2,1-4H3,(H2,15,20)(H,16,21). The van der Waals surface area contributed by atoms with E-state index in [0.29, 0.717) is 23.2 Å². The van der Waals surface area contributed by atoms with E-state index in [1.165, 1.54) is 11.8 Å². The van der Waals surface area contributed by atoms with E-state index in [0.717, 1.165) is 12.4 Å². The van der Waals surface area contributed by atoms with Crippen molar-refractivity contribution < 1.29 is 9.59 Å². The third-order valence-electron chi connectivity index (χ3n) is 2.72. The SMILES string of the molecule is CC(C)Cn1c(CCC(N)=O)nnc1SCC(=O)NC(C)C. The third kappa shape index (κ3) is 6.46. The van der Waals surface area contributed by atoms with E-state index < -0.39 is 0 Å². The van der Waals surface area contributed by atoms with E-state index in [1.807, 2.05) is 18.4 Å². The first-order valence-electron chi connectivity index (χ1n) is 7.42. The quantitative estimate of drug-likeness (QED) is 0.658. The van der Waals surface area contributed by atoms with E-state index in [-0.39, 0.29) is 24.3 Å². The molecule has 7 nitrogen and oxygen atoms in total. The molecule has 0 saturated carbocycles. The van der Waals surface area contributed by atoms with Gasteiger partial charge in [0, 0.05) is 25.4 Å². The Bertz CT molecular complexity index is 513. The first-order valence-corrected chi connectivity index (χ1v) is 8.40. The van der Waals surface area contributed by atoms with Crippen molar-refractivity contribution in [1.29, 1.82) is 0 Å². The summed E-state index contributed by atoms with van der Waals surface area (Å²) in [6.07, 6.45) is 0.711. The molecule has 0 saturated heterocycles. The molecule has 0 spiro atoms. The maximum Gasteiger partial charge on any atom is 0.230 e. The van der Waals surface area contributed by atoms with Crippen LogP contribution in [0.2, 0.25) is 0 Å². The number of aromatic nitrogens is 3. The summed E-state index contributed by atoms with van der Waals surface area (Å²) in [5.41, 5.74) is 5.19. The van der Waals surface area contributed by atoms with Crippen LogP contribution in [0.5, 0.6) is 0 Å². The number of nitrogens with one attached hydrogen (secondary N) is 1. The van der Waals surface area contributed by atoms with Crippen molar-refractivity contribution in [2.45, 2.75) is 58.3 Å². The van der Waals surface area contributed by atoms with E-state index in [1.54, 1.807) is 0 Å². The van der Waals surface area contributed by atoms with Gasteiger partial charge < -0.3 is 15.6 Å². The van der Waals surface area contributed by atoms with Gasteiger partial charge in [0.25, 0.3) is 0 Å². The average Bonchev–Trinajstić information content (AvgIpc) is 2.74. The van der Waals surface area contributed by atoms with Crippen LogP contribution >= 0.6 is 11.8 Å². The van der Waals surface area contributed by atoms with Gasteiger partial charge in [0.2, 0.25) is 11.8 Å². The van der Waals surface area contributed by atoms with Gasteiger partial charge in [-0.25, -0.2) is 0 Å². The van der Waals surface area contributed by atoms with Crippen LogP contribution in [0.15, 0.2) is 5.16 Å². The molecule has 0 aliphatic carbocycles. The number of carbonyl (C=O) groups is 2. The van der Waals surface area contributed by atoms with Gasteiger partial charge in [0.1, 0.15) is 5.82 Å². The number of nitrogens with zero attached hydrogens (tertiary/aromatic N) is 3. The molecule has 0 bridgehead atoms. The lowest BCUT2D eigenvalue weighted by Gasteiger charge is -2.12. The second-order valence-corrected chi connectivity index (χ2v) is 6.82. The van der Waals surface area contributed by atoms with Crippen molar-refractivity contribution in [3.63, 3.8) is 0 Å². The Balaban J connectivity index is 2.75. The van der Waals surface area contributed by atoms with Crippen molar-refractivity contribution >= 4 is 23.6 Å².